The van der Waals surface area contributed by atoms with Crippen LogP contribution in [-0.2, 0) is 30.4 Å². The first kappa shape index (κ1) is 59.2. The molecule has 5 aromatic rings. The maximum absolute atomic E-state index is 12.8. The van der Waals surface area contributed by atoms with Gasteiger partial charge in [0.1, 0.15) is 36.1 Å². The summed E-state index contributed by atoms with van der Waals surface area (Å²) in [7, 11) is -13.5. The molecule has 2 amide bonds. The van der Waals surface area contributed by atoms with Gasteiger partial charge in [0.15, 0.2) is 0 Å². The van der Waals surface area contributed by atoms with Gasteiger partial charge >= 0.3 is 94.7 Å². The number of hydrogen-bond donors (Lipinski definition) is 5. The zero-order valence-corrected chi connectivity index (χ0v) is 43.6. The Kier molecular flexibility index (Phi) is 25.1. The minimum absolute atomic E-state index is 0. The SMILES string of the molecule is COc1cc(N=Nc2cccc(S(=O)(=O)[O-])c2)ccc1NC(=O)Nc1ccc(N=Nc2cc(S(=O)(=O)[O-])c3cccc(S(=O)(=O)[O-])c3c2)c(C)c1.OCCN(CCO)CCO.[Na+].[Na+].[Na+]. The number of carbonyl (C=O) groups is 1. The van der Waals surface area contributed by atoms with Crippen molar-refractivity contribution >= 4 is 81.3 Å². The normalized spacial score (nSPS) is 11.6. The average molecular weight is 970 g/mol. The molecular formula is C37H38N7Na3O14S3. The summed E-state index contributed by atoms with van der Waals surface area (Å²) in [6.45, 7) is 3.39. The molecule has 0 aliphatic heterocycles. The van der Waals surface area contributed by atoms with E-state index < -0.39 is 51.1 Å². The number of azo groups is 2. The monoisotopic (exact) mass is 969 g/mol. The summed E-state index contributed by atoms with van der Waals surface area (Å²) in [6.07, 6.45) is 0. The average Bonchev–Trinajstić information content (AvgIpc) is 3.19. The largest absolute Gasteiger partial charge is 1.00 e. The molecule has 0 aliphatic rings. The number of carbonyl (C=O) groups excluding carboxylic acids is 1. The topological polar surface area (TPSA) is 335 Å². The van der Waals surface area contributed by atoms with E-state index in [2.05, 4.69) is 31.1 Å². The number of amides is 2. The zero-order valence-electron chi connectivity index (χ0n) is 35.2. The van der Waals surface area contributed by atoms with E-state index in [4.69, 9.17) is 20.1 Å². The summed E-state index contributed by atoms with van der Waals surface area (Å²) >= 11 is 0. The smallest absolute Gasteiger partial charge is 0.744 e. The van der Waals surface area contributed by atoms with Crippen LogP contribution in [0.1, 0.15) is 5.56 Å². The van der Waals surface area contributed by atoms with Crippen molar-refractivity contribution < 1.29 is 152 Å². The molecule has 27 heteroatoms. The number of aliphatic hydroxyl groups excluding tert-OH is 3. The summed E-state index contributed by atoms with van der Waals surface area (Å²) in [5, 5.41) is 46.1. The summed E-state index contributed by atoms with van der Waals surface area (Å²) in [4.78, 5) is 12.6. The predicted molar refractivity (Wildman–Crippen MR) is 217 cm³/mol. The number of rotatable bonds is 16. The molecule has 0 heterocycles. The molecule has 21 nitrogen and oxygen atoms in total. The number of urea groups is 1. The zero-order chi connectivity index (χ0) is 45.0. The number of aryl methyl sites for hydroxylation is 1. The number of methoxy groups -OCH3 is 1. The van der Waals surface area contributed by atoms with Crippen molar-refractivity contribution in [2.45, 2.75) is 21.6 Å². The molecule has 0 saturated heterocycles. The van der Waals surface area contributed by atoms with Gasteiger partial charge in [-0.2, -0.15) is 20.5 Å². The molecule has 0 radical (unpaired) electrons. The van der Waals surface area contributed by atoms with Crippen LogP contribution in [0.15, 0.2) is 126 Å². The number of nitrogens with one attached hydrogen (secondary N) is 2. The Balaban J connectivity index is 0.00000141. The van der Waals surface area contributed by atoms with Gasteiger partial charge in [0.05, 0.1) is 70.1 Å². The van der Waals surface area contributed by atoms with Crippen LogP contribution in [0.25, 0.3) is 10.8 Å². The van der Waals surface area contributed by atoms with Crippen molar-refractivity contribution in [1.29, 1.82) is 0 Å². The molecule has 0 spiro atoms. The maximum atomic E-state index is 12.8. The second-order valence-corrected chi connectivity index (χ2v) is 16.6. The van der Waals surface area contributed by atoms with Gasteiger partial charge in [0.2, 0.25) is 0 Å². The van der Waals surface area contributed by atoms with E-state index in [-0.39, 0.29) is 148 Å². The van der Waals surface area contributed by atoms with E-state index in [0.717, 1.165) is 36.4 Å². The summed E-state index contributed by atoms with van der Waals surface area (Å²) in [5.41, 5.74) is 1.58. The van der Waals surface area contributed by atoms with Crippen molar-refractivity contribution in [2.24, 2.45) is 20.5 Å². The quantitative estimate of drug-likeness (QED) is 0.0354. The van der Waals surface area contributed by atoms with E-state index in [1.165, 1.54) is 55.6 Å². The Morgan fingerprint density at radius 2 is 1.20 bits per heavy atom. The van der Waals surface area contributed by atoms with Crippen LogP contribution in [-0.4, -0.2) is 112 Å². The minimum atomic E-state index is -5.11. The van der Waals surface area contributed by atoms with Gasteiger partial charge < -0.3 is 44.3 Å². The first-order valence-electron chi connectivity index (χ1n) is 17.6. The van der Waals surface area contributed by atoms with Crippen LogP contribution < -0.4 is 104 Å². The van der Waals surface area contributed by atoms with Gasteiger partial charge in [-0.05, 0) is 79.2 Å². The molecule has 0 unspecified atom stereocenters. The van der Waals surface area contributed by atoms with Crippen molar-refractivity contribution in [1.82, 2.24) is 4.90 Å². The van der Waals surface area contributed by atoms with Crippen LogP contribution in [0.2, 0.25) is 0 Å². The molecule has 5 rings (SSSR count). The van der Waals surface area contributed by atoms with Crippen LogP contribution in [0.4, 0.5) is 38.9 Å². The second kappa shape index (κ2) is 27.1. The molecule has 0 bridgehead atoms. The minimum Gasteiger partial charge on any atom is -0.744 e. The standard InChI is InChI=1S/C31H26N6O11S3.C6H15NO3.3Na/c1-18-13-19(9-11-26(18)37-36-22-15-25-24(30(17-22)51(45,46)47)7-4-8-29(25)50(42,43)44)32-31(38)33-27-12-10-21(16-28(27)48-2)35-34-20-5-3-6-23(14-20)49(39,40)41;8-4-1-7(2-5-9)3-6-10;;;/h3-17H,1-2H3,(H2,32,33,38)(H,39,40,41)(H,42,43,44)(H,45,46,47);8-10H,1-6H2;;;/q;;3*+1/p-3. The number of fused-ring (bicyclic) bond motifs is 1. The molecule has 0 aliphatic carbocycles. The molecule has 0 saturated carbocycles. The molecular weight excluding hydrogens is 932 g/mol. The summed E-state index contributed by atoms with van der Waals surface area (Å²) < 4.78 is 110. The van der Waals surface area contributed by atoms with Gasteiger partial charge in [0.25, 0.3) is 0 Å². The second-order valence-electron chi connectivity index (χ2n) is 12.5. The first-order valence-corrected chi connectivity index (χ1v) is 21.8. The third-order valence-corrected chi connectivity index (χ3v) is 10.8. The van der Waals surface area contributed by atoms with Crippen LogP contribution in [0.5, 0.6) is 5.75 Å². The predicted octanol–water partition coefficient (Wildman–Crippen LogP) is -4.38. The number of anilines is 2. The molecule has 326 valence electrons. The van der Waals surface area contributed by atoms with E-state index >= 15 is 0 Å². The van der Waals surface area contributed by atoms with Gasteiger partial charge in [-0.3, -0.25) is 4.90 Å². The third kappa shape index (κ3) is 17.8. The molecule has 0 aromatic heterocycles. The maximum Gasteiger partial charge on any atom is 1.00 e. The van der Waals surface area contributed by atoms with Crippen LogP contribution in [0.3, 0.4) is 0 Å². The number of aliphatic hydroxyl groups is 3. The molecule has 5 N–H and O–H groups in total. The van der Waals surface area contributed by atoms with Crippen molar-refractivity contribution in [3.63, 3.8) is 0 Å². The fourth-order valence-corrected chi connectivity index (χ4v) is 7.36. The van der Waals surface area contributed by atoms with Crippen molar-refractivity contribution in [3.8, 4) is 5.75 Å². The van der Waals surface area contributed by atoms with Gasteiger partial charge in [-0.25, -0.2) is 30.0 Å². The Morgan fingerprint density at radius 3 is 1.75 bits per heavy atom. The molecule has 0 fully saturated rings. The number of ether oxygens (including phenoxy) is 1. The van der Waals surface area contributed by atoms with E-state index in [0.29, 0.717) is 36.6 Å². The number of hydrogen-bond acceptors (Lipinski definition) is 19. The number of nitrogens with zero attached hydrogens (tertiary/aromatic N) is 5. The Bertz CT molecular complexity index is 2770. The number of benzene rings is 5. The van der Waals surface area contributed by atoms with Gasteiger partial charge in [-0.15, -0.1) is 0 Å². The third-order valence-electron chi connectivity index (χ3n) is 8.24. The molecule has 64 heavy (non-hydrogen) atoms. The van der Waals surface area contributed by atoms with Gasteiger partial charge in [-0.1, -0.05) is 18.2 Å². The fraction of sp³-hybridized carbons (Fsp3) is 0.216. The summed E-state index contributed by atoms with van der Waals surface area (Å²) in [5.74, 6) is 0.214. The first-order chi connectivity index (χ1) is 28.8. The van der Waals surface area contributed by atoms with Crippen LogP contribution >= 0.6 is 0 Å². The summed E-state index contributed by atoms with van der Waals surface area (Å²) in [6, 6.07) is 18.7. The Hall–Kier alpha value is -2.80. The van der Waals surface area contributed by atoms with Crippen molar-refractivity contribution in [3.05, 3.63) is 96.6 Å². The van der Waals surface area contributed by atoms with Gasteiger partial charge in [0, 0.05) is 42.2 Å². The van der Waals surface area contributed by atoms with E-state index in [1.54, 1.807) is 17.9 Å². The van der Waals surface area contributed by atoms with E-state index in [1.807, 2.05) is 0 Å². The van der Waals surface area contributed by atoms with Crippen molar-refractivity contribution in [2.75, 3.05) is 57.2 Å². The Labute approximate surface area is 435 Å². The molecule has 5 aromatic carbocycles. The fourth-order valence-electron chi connectivity index (χ4n) is 5.46. The molecule has 0 atom stereocenters. The van der Waals surface area contributed by atoms with Crippen LogP contribution in [0, 0.1) is 6.92 Å². The Morgan fingerprint density at radius 1 is 0.625 bits per heavy atom. The van der Waals surface area contributed by atoms with E-state index in [9.17, 15) is 43.7 Å².